The first-order valence-corrected chi connectivity index (χ1v) is 8.10. The van der Waals surface area contributed by atoms with Crippen molar-refractivity contribution < 1.29 is 18.0 Å². The average Bonchev–Trinajstić information content (AvgIpc) is 2.68. The van der Waals surface area contributed by atoms with E-state index >= 15 is 0 Å². The molecule has 0 unspecified atom stereocenters. The largest absolute Gasteiger partial charge is 0.417 e. The third kappa shape index (κ3) is 4.30. The molecule has 0 saturated carbocycles. The highest BCUT2D eigenvalue weighted by Gasteiger charge is 2.30. The van der Waals surface area contributed by atoms with Gasteiger partial charge in [0.05, 0.1) is 5.56 Å². The summed E-state index contributed by atoms with van der Waals surface area (Å²) < 4.78 is 37.9. The van der Waals surface area contributed by atoms with Gasteiger partial charge in [0.1, 0.15) is 11.5 Å². The maximum atomic E-state index is 12.6. The first-order chi connectivity index (χ1) is 12.9. The van der Waals surface area contributed by atoms with Gasteiger partial charge in [0.25, 0.3) is 0 Å². The fourth-order valence-electron chi connectivity index (χ4n) is 2.63. The molecule has 0 fully saturated rings. The predicted octanol–water partition coefficient (Wildman–Crippen LogP) is 3.44. The molecule has 0 spiro atoms. The Morgan fingerprint density at radius 1 is 1.22 bits per heavy atom. The number of pyridine rings is 1. The standard InChI is InChI=1S/C18H16F3N5O/c1-2-15(27)26-9-5-12(6-10-26)16-17(23-8-7-22-16)25-14-4-3-13(11-24-14)18(19,20)21/h2-5,7-8,11H,1,6,9-10H2,(H,23,24,25). The second-order valence-electron chi connectivity index (χ2n) is 5.78. The normalized spacial score (nSPS) is 14.5. The smallest absolute Gasteiger partial charge is 0.335 e. The average molecular weight is 375 g/mol. The van der Waals surface area contributed by atoms with E-state index in [-0.39, 0.29) is 11.7 Å². The van der Waals surface area contributed by atoms with Crippen LogP contribution in [-0.4, -0.2) is 38.8 Å². The number of carbonyl (C=O) groups is 1. The lowest BCUT2D eigenvalue weighted by molar-refractivity contribution is -0.137. The van der Waals surface area contributed by atoms with Crippen LogP contribution in [-0.2, 0) is 11.0 Å². The molecule has 9 heteroatoms. The van der Waals surface area contributed by atoms with Crippen LogP contribution >= 0.6 is 0 Å². The number of hydrogen-bond donors (Lipinski definition) is 1. The number of carbonyl (C=O) groups excluding carboxylic acids is 1. The molecule has 140 valence electrons. The van der Waals surface area contributed by atoms with Crippen LogP contribution in [0.3, 0.4) is 0 Å². The van der Waals surface area contributed by atoms with Gasteiger partial charge in [0.15, 0.2) is 5.82 Å². The lowest BCUT2D eigenvalue weighted by Crippen LogP contribution is -2.33. The van der Waals surface area contributed by atoms with Gasteiger partial charge in [-0.25, -0.2) is 9.97 Å². The van der Waals surface area contributed by atoms with Gasteiger partial charge in [0.2, 0.25) is 5.91 Å². The lowest BCUT2D eigenvalue weighted by atomic mass is 10.0. The van der Waals surface area contributed by atoms with Gasteiger partial charge < -0.3 is 10.2 Å². The van der Waals surface area contributed by atoms with Gasteiger partial charge in [0, 0.05) is 31.7 Å². The molecule has 0 aromatic carbocycles. The number of alkyl halides is 3. The molecule has 0 atom stereocenters. The van der Waals surface area contributed by atoms with Crippen LogP contribution in [0.25, 0.3) is 5.57 Å². The van der Waals surface area contributed by atoms with E-state index in [1.165, 1.54) is 24.5 Å². The van der Waals surface area contributed by atoms with Crippen molar-refractivity contribution in [2.75, 3.05) is 18.4 Å². The zero-order valence-corrected chi connectivity index (χ0v) is 14.2. The number of aromatic nitrogens is 3. The molecule has 0 bridgehead atoms. The van der Waals surface area contributed by atoms with E-state index in [4.69, 9.17) is 0 Å². The number of nitrogens with one attached hydrogen (secondary N) is 1. The molecule has 0 saturated heterocycles. The highest BCUT2D eigenvalue weighted by Crippen LogP contribution is 2.30. The molecule has 3 heterocycles. The van der Waals surface area contributed by atoms with Crippen molar-refractivity contribution in [3.63, 3.8) is 0 Å². The summed E-state index contributed by atoms with van der Waals surface area (Å²) in [4.78, 5) is 25.6. The van der Waals surface area contributed by atoms with Crippen LogP contribution < -0.4 is 5.32 Å². The van der Waals surface area contributed by atoms with Crippen LogP contribution in [0.15, 0.2) is 49.5 Å². The number of rotatable bonds is 4. The fourth-order valence-corrected chi connectivity index (χ4v) is 2.63. The Bertz CT molecular complexity index is 877. The van der Waals surface area contributed by atoms with Crippen molar-refractivity contribution in [3.8, 4) is 0 Å². The van der Waals surface area contributed by atoms with Crippen molar-refractivity contribution in [3.05, 3.63) is 60.7 Å². The SMILES string of the molecule is C=CC(=O)N1CC=C(c2nccnc2Nc2ccc(C(F)(F)F)cn2)CC1. The van der Waals surface area contributed by atoms with Gasteiger partial charge >= 0.3 is 6.18 Å². The van der Waals surface area contributed by atoms with Crippen LogP contribution in [0.1, 0.15) is 17.7 Å². The predicted molar refractivity (Wildman–Crippen MR) is 93.9 cm³/mol. The van der Waals surface area contributed by atoms with Crippen molar-refractivity contribution in [2.45, 2.75) is 12.6 Å². The Hall–Kier alpha value is -3.23. The molecule has 0 aliphatic carbocycles. The topological polar surface area (TPSA) is 71.0 Å². The molecule has 3 rings (SSSR count). The van der Waals surface area contributed by atoms with Crippen LogP contribution in [0.4, 0.5) is 24.8 Å². The van der Waals surface area contributed by atoms with Crippen LogP contribution in [0.2, 0.25) is 0 Å². The Morgan fingerprint density at radius 3 is 2.59 bits per heavy atom. The van der Waals surface area contributed by atoms with E-state index in [0.29, 0.717) is 31.0 Å². The minimum absolute atomic E-state index is 0.142. The Labute approximate surface area is 153 Å². The quantitative estimate of drug-likeness (QED) is 0.829. The van der Waals surface area contributed by atoms with E-state index in [1.54, 1.807) is 4.90 Å². The molecule has 27 heavy (non-hydrogen) atoms. The second kappa shape index (κ2) is 7.56. The van der Waals surface area contributed by atoms with E-state index in [0.717, 1.165) is 17.8 Å². The molecule has 2 aromatic rings. The van der Waals surface area contributed by atoms with Crippen LogP contribution in [0, 0.1) is 0 Å². The maximum Gasteiger partial charge on any atom is 0.417 e. The molecule has 2 aromatic heterocycles. The van der Waals surface area contributed by atoms with E-state index < -0.39 is 11.7 Å². The van der Waals surface area contributed by atoms with Crippen LogP contribution in [0.5, 0.6) is 0 Å². The summed E-state index contributed by atoms with van der Waals surface area (Å²) in [5, 5.41) is 2.90. The number of amides is 1. The third-order valence-corrected chi connectivity index (χ3v) is 4.04. The van der Waals surface area contributed by atoms with Gasteiger partial charge in [-0.1, -0.05) is 12.7 Å². The minimum atomic E-state index is -4.44. The third-order valence-electron chi connectivity index (χ3n) is 4.04. The summed E-state index contributed by atoms with van der Waals surface area (Å²) in [5.74, 6) is 0.473. The van der Waals surface area contributed by atoms with E-state index in [2.05, 4.69) is 26.8 Å². The molecular weight excluding hydrogens is 359 g/mol. The molecule has 1 N–H and O–H groups in total. The highest BCUT2D eigenvalue weighted by atomic mass is 19.4. The zero-order chi connectivity index (χ0) is 19.4. The zero-order valence-electron chi connectivity index (χ0n) is 14.2. The number of anilines is 2. The van der Waals surface area contributed by atoms with Gasteiger partial charge in [-0.15, -0.1) is 0 Å². The molecule has 6 nitrogen and oxygen atoms in total. The van der Waals surface area contributed by atoms with Crippen molar-refractivity contribution in [2.24, 2.45) is 0 Å². The summed E-state index contributed by atoms with van der Waals surface area (Å²) in [6.45, 7) is 4.42. The maximum absolute atomic E-state index is 12.6. The lowest BCUT2D eigenvalue weighted by Gasteiger charge is -2.25. The summed E-state index contributed by atoms with van der Waals surface area (Å²) >= 11 is 0. The monoisotopic (exact) mass is 375 g/mol. The molecule has 1 aliphatic rings. The first kappa shape index (κ1) is 18.6. The Morgan fingerprint density at radius 2 is 2.00 bits per heavy atom. The summed E-state index contributed by atoms with van der Waals surface area (Å²) in [5.41, 5.74) is 0.643. The van der Waals surface area contributed by atoms with Crippen molar-refractivity contribution >= 4 is 23.1 Å². The van der Waals surface area contributed by atoms with Crippen molar-refractivity contribution in [1.29, 1.82) is 0 Å². The Kier molecular flexibility index (Phi) is 5.20. The van der Waals surface area contributed by atoms with Gasteiger partial charge in [-0.3, -0.25) is 9.78 Å². The summed E-state index contributed by atoms with van der Waals surface area (Å²) in [6.07, 6.45) is 3.05. The summed E-state index contributed by atoms with van der Waals surface area (Å²) in [7, 11) is 0. The number of hydrogen-bond acceptors (Lipinski definition) is 5. The Balaban J connectivity index is 1.80. The van der Waals surface area contributed by atoms with Gasteiger partial charge in [-0.2, -0.15) is 13.2 Å². The molecule has 0 radical (unpaired) electrons. The van der Waals surface area contributed by atoms with Gasteiger partial charge in [-0.05, 0) is 30.2 Å². The van der Waals surface area contributed by atoms with E-state index in [9.17, 15) is 18.0 Å². The second-order valence-corrected chi connectivity index (χ2v) is 5.78. The highest BCUT2D eigenvalue weighted by molar-refractivity contribution is 5.88. The van der Waals surface area contributed by atoms with Crippen molar-refractivity contribution in [1.82, 2.24) is 19.9 Å². The molecule has 1 aliphatic heterocycles. The first-order valence-electron chi connectivity index (χ1n) is 8.10. The molecule has 1 amide bonds. The fraction of sp³-hybridized carbons (Fsp3) is 0.222. The number of halogens is 3. The summed E-state index contributed by atoms with van der Waals surface area (Å²) in [6, 6.07) is 2.19. The number of nitrogens with zero attached hydrogens (tertiary/aromatic N) is 4. The minimum Gasteiger partial charge on any atom is -0.335 e. The van der Waals surface area contributed by atoms with E-state index in [1.807, 2.05) is 6.08 Å². The molecular formula is C18H16F3N5O.